The van der Waals surface area contributed by atoms with Crippen molar-refractivity contribution in [1.82, 2.24) is 9.80 Å². The Labute approximate surface area is 130 Å². The summed E-state index contributed by atoms with van der Waals surface area (Å²) in [4.78, 5) is 27.3. The summed E-state index contributed by atoms with van der Waals surface area (Å²) in [5, 5.41) is 0. The van der Waals surface area contributed by atoms with E-state index < -0.39 is 0 Å². The Morgan fingerprint density at radius 1 is 1.14 bits per heavy atom. The van der Waals surface area contributed by atoms with Gasteiger partial charge in [-0.3, -0.25) is 9.69 Å². The van der Waals surface area contributed by atoms with Crippen molar-refractivity contribution in [1.29, 1.82) is 0 Å². The predicted molar refractivity (Wildman–Crippen MR) is 82.4 cm³/mol. The Hall–Kier alpha value is -1.88. The molecular weight excluding hydrogens is 280 g/mol. The fourth-order valence-electron chi connectivity index (χ4n) is 3.15. The zero-order valence-electron chi connectivity index (χ0n) is 12.7. The molecule has 3 amide bonds. The first-order valence-corrected chi connectivity index (χ1v) is 8.01. The third-order valence-corrected chi connectivity index (χ3v) is 4.33. The average Bonchev–Trinajstić information content (AvgIpc) is 3.10. The summed E-state index contributed by atoms with van der Waals surface area (Å²) < 4.78 is 5.60. The predicted octanol–water partition coefficient (Wildman–Crippen LogP) is 2.06. The molecule has 0 saturated carbocycles. The number of nitrogens with zero attached hydrogens (tertiary/aromatic N) is 2. The van der Waals surface area contributed by atoms with Crippen LogP contribution in [0.2, 0.25) is 0 Å². The van der Waals surface area contributed by atoms with Gasteiger partial charge in [0.05, 0.1) is 6.61 Å². The monoisotopic (exact) mass is 302 g/mol. The van der Waals surface area contributed by atoms with Crippen LogP contribution < -0.4 is 0 Å². The zero-order valence-corrected chi connectivity index (χ0v) is 12.7. The minimum absolute atomic E-state index is 0.0215. The second-order valence-corrected chi connectivity index (χ2v) is 5.83. The van der Waals surface area contributed by atoms with Crippen LogP contribution in [0.25, 0.3) is 0 Å². The maximum atomic E-state index is 12.1. The molecule has 0 aliphatic carbocycles. The van der Waals surface area contributed by atoms with Gasteiger partial charge in [-0.1, -0.05) is 30.3 Å². The van der Waals surface area contributed by atoms with Crippen LogP contribution in [0.5, 0.6) is 0 Å². The topological polar surface area (TPSA) is 49.9 Å². The molecule has 118 valence electrons. The van der Waals surface area contributed by atoms with E-state index in [2.05, 4.69) is 12.1 Å². The second-order valence-electron chi connectivity index (χ2n) is 5.83. The maximum Gasteiger partial charge on any atom is 0.327 e. The van der Waals surface area contributed by atoms with E-state index in [-0.39, 0.29) is 18.0 Å². The molecule has 2 saturated heterocycles. The third kappa shape index (κ3) is 3.14. The lowest BCUT2D eigenvalue weighted by molar-refractivity contribution is -0.128. The van der Waals surface area contributed by atoms with Crippen LogP contribution in [0.15, 0.2) is 30.3 Å². The largest absolute Gasteiger partial charge is 0.381 e. The average molecular weight is 302 g/mol. The van der Waals surface area contributed by atoms with Crippen molar-refractivity contribution in [2.24, 2.45) is 0 Å². The number of hydrogen-bond acceptors (Lipinski definition) is 3. The Balaban J connectivity index is 1.34. The van der Waals surface area contributed by atoms with E-state index in [0.717, 1.165) is 25.8 Å². The van der Waals surface area contributed by atoms with Crippen LogP contribution >= 0.6 is 0 Å². The maximum absolute atomic E-state index is 12.1. The minimum atomic E-state index is -0.188. The van der Waals surface area contributed by atoms with Crippen molar-refractivity contribution in [3.05, 3.63) is 35.9 Å². The van der Waals surface area contributed by atoms with Crippen molar-refractivity contribution in [3.63, 3.8) is 0 Å². The lowest BCUT2D eigenvalue weighted by Gasteiger charge is -2.15. The highest BCUT2D eigenvalue weighted by Crippen LogP contribution is 2.27. The Morgan fingerprint density at radius 2 is 1.95 bits per heavy atom. The molecule has 2 aliphatic rings. The lowest BCUT2D eigenvalue weighted by atomic mass is 10.2. The van der Waals surface area contributed by atoms with E-state index in [1.165, 1.54) is 10.5 Å². The summed E-state index contributed by atoms with van der Waals surface area (Å²) in [5.41, 5.74) is 1.26. The standard InChI is InChI=1S/C17H22N2O3/c20-16-15-8-4-10-18(15)17(21)19(16)11-5-12-22-13-9-14-6-2-1-3-7-14/h1-3,6-7,15H,4-5,8-13H2/t15-/m0/s1. The van der Waals surface area contributed by atoms with E-state index in [0.29, 0.717) is 26.2 Å². The first-order valence-electron chi connectivity index (χ1n) is 8.01. The highest BCUT2D eigenvalue weighted by atomic mass is 16.5. The zero-order chi connectivity index (χ0) is 15.4. The Kier molecular flexibility index (Phi) is 4.73. The molecule has 2 aliphatic heterocycles. The van der Waals surface area contributed by atoms with Crippen LogP contribution in [0.1, 0.15) is 24.8 Å². The summed E-state index contributed by atoms with van der Waals surface area (Å²) >= 11 is 0. The molecule has 0 N–H and O–H groups in total. The third-order valence-electron chi connectivity index (χ3n) is 4.33. The van der Waals surface area contributed by atoms with Gasteiger partial charge in [0.1, 0.15) is 6.04 Å². The van der Waals surface area contributed by atoms with Gasteiger partial charge >= 0.3 is 6.03 Å². The first kappa shape index (κ1) is 15.0. The summed E-state index contributed by atoms with van der Waals surface area (Å²) in [5.74, 6) is -0.0215. The van der Waals surface area contributed by atoms with Crippen LogP contribution in [-0.2, 0) is 16.0 Å². The molecule has 3 rings (SSSR count). The number of amides is 3. The Morgan fingerprint density at radius 3 is 2.73 bits per heavy atom. The lowest BCUT2D eigenvalue weighted by Crippen LogP contribution is -2.34. The van der Waals surface area contributed by atoms with Crippen molar-refractivity contribution in [2.75, 3.05) is 26.3 Å². The number of ether oxygens (including phenoxy) is 1. The SMILES string of the molecule is O=C1[C@@H]2CCCN2C(=O)N1CCCOCCc1ccccc1. The number of imide groups is 1. The van der Waals surface area contributed by atoms with E-state index in [1.807, 2.05) is 18.2 Å². The van der Waals surface area contributed by atoms with E-state index in [4.69, 9.17) is 4.74 Å². The molecule has 0 bridgehead atoms. The van der Waals surface area contributed by atoms with Crippen LogP contribution in [-0.4, -0.2) is 54.1 Å². The fraction of sp³-hybridized carbons (Fsp3) is 0.529. The van der Waals surface area contributed by atoms with Crippen molar-refractivity contribution >= 4 is 11.9 Å². The van der Waals surface area contributed by atoms with Gasteiger partial charge in [0.15, 0.2) is 0 Å². The molecule has 5 nitrogen and oxygen atoms in total. The molecule has 1 aromatic rings. The summed E-state index contributed by atoms with van der Waals surface area (Å²) in [6.07, 6.45) is 3.35. The molecule has 0 aromatic heterocycles. The van der Waals surface area contributed by atoms with Crippen molar-refractivity contribution < 1.29 is 14.3 Å². The van der Waals surface area contributed by atoms with Gasteiger partial charge in [0.2, 0.25) is 0 Å². The van der Waals surface area contributed by atoms with Crippen molar-refractivity contribution in [3.8, 4) is 0 Å². The molecule has 0 spiro atoms. The molecular formula is C17H22N2O3. The molecule has 1 atom stereocenters. The summed E-state index contributed by atoms with van der Waals surface area (Å²) in [7, 11) is 0. The normalized spacial score (nSPS) is 20.8. The van der Waals surface area contributed by atoms with Crippen LogP contribution in [0, 0.1) is 0 Å². The van der Waals surface area contributed by atoms with Gasteiger partial charge < -0.3 is 9.64 Å². The number of rotatable bonds is 7. The van der Waals surface area contributed by atoms with Gasteiger partial charge in [-0.2, -0.15) is 0 Å². The van der Waals surface area contributed by atoms with Gasteiger partial charge in [-0.15, -0.1) is 0 Å². The molecule has 22 heavy (non-hydrogen) atoms. The molecule has 5 heteroatoms. The quantitative estimate of drug-likeness (QED) is 0.572. The molecule has 0 unspecified atom stereocenters. The number of benzene rings is 1. The number of carbonyl (C=O) groups is 2. The van der Waals surface area contributed by atoms with Crippen LogP contribution in [0.3, 0.4) is 0 Å². The summed E-state index contributed by atoms with van der Waals surface area (Å²) in [6.45, 7) is 2.44. The number of fused-ring (bicyclic) bond motifs is 1. The van der Waals surface area contributed by atoms with E-state index in [1.54, 1.807) is 4.90 Å². The smallest absolute Gasteiger partial charge is 0.327 e. The van der Waals surface area contributed by atoms with Crippen molar-refractivity contribution in [2.45, 2.75) is 31.7 Å². The molecule has 2 fully saturated rings. The molecule has 1 aromatic carbocycles. The number of hydrogen-bond donors (Lipinski definition) is 0. The van der Waals surface area contributed by atoms with Crippen LogP contribution in [0.4, 0.5) is 4.79 Å². The highest BCUT2D eigenvalue weighted by molar-refractivity contribution is 6.04. The highest BCUT2D eigenvalue weighted by Gasteiger charge is 2.46. The second kappa shape index (κ2) is 6.92. The minimum Gasteiger partial charge on any atom is -0.381 e. The molecule has 2 heterocycles. The number of urea groups is 1. The van der Waals surface area contributed by atoms with Gasteiger partial charge in [-0.25, -0.2) is 4.79 Å². The fourth-order valence-corrected chi connectivity index (χ4v) is 3.15. The van der Waals surface area contributed by atoms with Gasteiger partial charge in [-0.05, 0) is 31.2 Å². The number of carbonyl (C=O) groups excluding carboxylic acids is 2. The van der Waals surface area contributed by atoms with E-state index in [9.17, 15) is 9.59 Å². The first-order chi connectivity index (χ1) is 10.8. The van der Waals surface area contributed by atoms with Gasteiger partial charge in [0.25, 0.3) is 5.91 Å². The van der Waals surface area contributed by atoms with Gasteiger partial charge in [0, 0.05) is 19.7 Å². The van der Waals surface area contributed by atoms with E-state index >= 15 is 0 Å². The Bertz CT molecular complexity index is 510. The molecule has 0 radical (unpaired) electrons. The summed E-state index contributed by atoms with van der Waals surface area (Å²) in [6, 6.07) is 9.90.